The summed E-state index contributed by atoms with van der Waals surface area (Å²) in [7, 11) is -2.67. The minimum atomic E-state index is -2.67. The molecule has 0 aromatic heterocycles. The predicted molar refractivity (Wildman–Crippen MR) is 179 cm³/mol. The molecule has 9 nitrogen and oxygen atoms in total. The summed E-state index contributed by atoms with van der Waals surface area (Å²) in [5.41, 5.74) is 1.67. The molecule has 1 spiro atoms. The van der Waals surface area contributed by atoms with Gasteiger partial charge in [0.2, 0.25) is 11.8 Å². The standard InChI is InChI=1S/C35H29Cl2N2O7P/c36-11-19-13-38(25-9-27(45-18-40)21-5-1-3-7-23(21)29(19)25)31(41)33-15-34(17-35(33,34)16-33)32(42)39-14-20(12-37)30-24-8-4-2-6-22(24)28(10-26(30)39)46-47(43)44/h1-10,18-20,43-44H,11-17H2/t19-,20?,33?,34?,35?/m1/s1. The first-order chi connectivity index (χ1) is 22.7. The van der Waals surface area contributed by atoms with Gasteiger partial charge in [-0.25, -0.2) is 0 Å². The SMILES string of the molecule is O=COc1cc2c(c3ccccc13)[C@H](CCl)CN2C(=O)C12CC3(C(=O)N4CC(CCl)c5c4cc(OP(O)O)c4ccccc54)CC31C2. The second-order valence-electron chi connectivity index (χ2n) is 13.6. The Kier molecular flexibility index (Phi) is 6.33. The topological polar surface area (TPSA) is 117 Å². The number of hydrogen-bond acceptors (Lipinski definition) is 7. The van der Waals surface area contributed by atoms with E-state index in [-0.39, 0.29) is 29.1 Å². The van der Waals surface area contributed by atoms with Crippen molar-refractivity contribution in [3.63, 3.8) is 0 Å². The molecule has 9 rings (SSSR count). The molecule has 12 heteroatoms. The molecule has 0 saturated heterocycles. The van der Waals surface area contributed by atoms with Crippen molar-refractivity contribution in [1.82, 2.24) is 0 Å². The average Bonchev–Trinajstić information content (AvgIpc) is 3.59. The lowest BCUT2D eigenvalue weighted by Crippen LogP contribution is -2.49. The monoisotopic (exact) mass is 690 g/mol. The van der Waals surface area contributed by atoms with Crippen molar-refractivity contribution < 1.29 is 33.4 Å². The van der Waals surface area contributed by atoms with E-state index in [4.69, 9.17) is 32.5 Å². The minimum Gasteiger partial charge on any atom is -0.428 e. The number of carbonyl (C=O) groups is 3. The quantitative estimate of drug-likeness (QED) is 0.126. The first-order valence-electron chi connectivity index (χ1n) is 15.6. The van der Waals surface area contributed by atoms with E-state index >= 15 is 0 Å². The van der Waals surface area contributed by atoms with Crippen LogP contribution in [0.2, 0.25) is 0 Å². The molecule has 5 atom stereocenters. The predicted octanol–water partition coefficient (Wildman–Crippen LogP) is 6.33. The summed E-state index contributed by atoms with van der Waals surface area (Å²) < 4.78 is 10.8. The van der Waals surface area contributed by atoms with Crippen LogP contribution >= 0.6 is 31.8 Å². The fraction of sp³-hybridized carbons (Fsp3) is 0.343. The van der Waals surface area contributed by atoms with Crippen molar-refractivity contribution in [2.24, 2.45) is 16.2 Å². The van der Waals surface area contributed by atoms with E-state index in [9.17, 15) is 24.2 Å². The van der Waals surface area contributed by atoms with Crippen molar-refractivity contribution in [2.45, 2.75) is 31.1 Å². The van der Waals surface area contributed by atoms with E-state index in [1.807, 2.05) is 48.5 Å². The highest BCUT2D eigenvalue weighted by Crippen LogP contribution is 3.01. The van der Waals surface area contributed by atoms with Crippen molar-refractivity contribution in [1.29, 1.82) is 0 Å². The fourth-order valence-corrected chi connectivity index (χ4v) is 10.5. The second kappa shape index (κ2) is 10.0. The minimum absolute atomic E-state index is 0.000936. The van der Waals surface area contributed by atoms with Gasteiger partial charge >= 0.3 is 8.60 Å². The maximum atomic E-state index is 14.5. The molecule has 240 valence electrons. The Labute approximate surface area is 280 Å². The third-order valence-electron chi connectivity index (χ3n) is 11.7. The Bertz CT molecular complexity index is 2080. The molecule has 3 fully saturated rings. The van der Waals surface area contributed by atoms with Gasteiger partial charge in [-0.05, 0) is 41.2 Å². The average molecular weight is 692 g/mol. The summed E-state index contributed by atoms with van der Waals surface area (Å²) in [5.74, 6) is 1.13. The molecule has 2 N–H and O–H groups in total. The highest BCUT2D eigenvalue weighted by molar-refractivity contribution is 7.39. The van der Waals surface area contributed by atoms with Crippen molar-refractivity contribution in [3.8, 4) is 11.5 Å². The van der Waals surface area contributed by atoms with Crippen molar-refractivity contribution >= 4 is 83.0 Å². The number of rotatable bonds is 8. The zero-order chi connectivity index (χ0) is 32.5. The van der Waals surface area contributed by atoms with Crippen LogP contribution in [0.25, 0.3) is 21.5 Å². The van der Waals surface area contributed by atoms with Crippen LogP contribution in [0.4, 0.5) is 11.4 Å². The number of hydrogen-bond donors (Lipinski definition) is 2. The molecule has 2 heterocycles. The molecule has 3 saturated carbocycles. The first-order valence-corrected chi connectivity index (χ1v) is 17.8. The van der Waals surface area contributed by atoms with Gasteiger partial charge in [-0.1, -0.05) is 48.5 Å². The molecule has 4 aromatic rings. The number of fused-ring (bicyclic) bond motifs is 6. The Hall–Kier alpha value is -3.46. The van der Waals surface area contributed by atoms with Crippen LogP contribution in [0.5, 0.6) is 11.5 Å². The van der Waals surface area contributed by atoms with Crippen LogP contribution in [0.1, 0.15) is 42.2 Å². The largest absolute Gasteiger partial charge is 0.428 e. The molecule has 3 aliphatic carbocycles. The van der Waals surface area contributed by atoms with Crippen molar-refractivity contribution in [3.05, 3.63) is 71.8 Å². The van der Waals surface area contributed by atoms with Crippen molar-refractivity contribution in [2.75, 3.05) is 34.6 Å². The van der Waals surface area contributed by atoms with Crippen LogP contribution < -0.4 is 19.1 Å². The highest BCUT2D eigenvalue weighted by Gasteiger charge is 3.01. The third-order valence-corrected chi connectivity index (χ3v) is 12.8. The number of benzene rings is 4. The molecular weight excluding hydrogens is 662 g/mol. The molecule has 47 heavy (non-hydrogen) atoms. The van der Waals surface area contributed by atoms with Gasteiger partial charge in [0.1, 0.15) is 11.5 Å². The molecule has 5 aliphatic rings. The highest BCUT2D eigenvalue weighted by atomic mass is 35.5. The smallest absolute Gasteiger partial charge is 0.391 e. The molecule has 4 unspecified atom stereocenters. The summed E-state index contributed by atoms with van der Waals surface area (Å²) >= 11 is 12.9. The summed E-state index contributed by atoms with van der Waals surface area (Å²) in [6, 6.07) is 18.7. The van der Waals surface area contributed by atoms with Crippen LogP contribution in [0.15, 0.2) is 60.7 Å². The fourth-order valence-electron chi connectivity index (χ4n) is 9.68. The number of nitrogens with zero attached hydrogens (tertiary/aromatic N) is 2. The number of alkyl halides is 2. The van der Waals surface area contributed by atoms with Gasteiger partial charge in [0.05, 0.1) is 22.2 Å². The summed E-state index contributed by atoms with van der Waals surface area (Å²) in [5, 5.41) is 3.27. The normalized spacial score (nSPS) is 29.2. The van der Waals surface area contributed by atoms with Gasteiger partial charge in [-0.3, -0.25) is 14.4 Å². The van der Waals surface area contributed by atoms with E-state index in [2.05, 4.69) is 0 Å². The Morgan fingerprint density at radius 2 is 1.26 bits per heavy atom. The Morgan fingerprint density at radius 3 is 1.70 bits per heavy atom. The third kappa shape index (κ3) is 3.70. The lowest BCUT2D eigenvalue weighted by molar-refractivity contribution is -0.134. The number of anilines is 2. The molecule has 0 bridgehead atoms. The second-order valence-corrected chi connectivity index (χ2v) is 14.9. The van der Waals surface area contributed by atoms with Gasteiger partial charge < -0.3 is 28.8 Å². The van der Waals surface area contributed by atoms with E-state index < -0.39 is 19.4 Å². The lowest BCUT2D eigenvalue weighted by atomic mass is 9.72. The molecule has 2 amide bonds. The number of halogens is 2. The summed E-state index contributed by atoms with van der Waals surface area (Å²) in [6.45, 7) is 1.23. The zero-order valence-electron chi connectivity index (χ0n) is 25.0. The van der Waals surface area contributed by atoms with Crippen LogP contribution in [0, 0.1) is 16.2 Å². The van der Waals surface area contributed by atoms with Gasteiger partial charge in [-0.15, -0.1) is 23.2 Å². The molecule has 0 radical (unpaired) electrons. The number of ether oxygens (including phenoxy) is 1. The maximum Gasteiger partial charge on any atom is 0.391 e. The molecule has 4 aromatic carbocycles. The van der Waals surface area contributed by atoms with Crippen LogP contribution in [-0.4, -0.2) is 52.9 Å². The molecule has 2 aliphatic heterocycles. The lowest BCUT2D eigenvalue weighted by Gasteiger charge is -2.37. The zero-order valence-corrected chi connectivity index (χ0v) is 27.4. The Balaban J connectivity index is 1.04. The van der Waals surface area contributed by atoms with E-state index in [1.54, 1.807) is 21.9 Å². The summed E-state index contributed by atoms with van der Waals surface area (Å²) in [6.07, 6.45) is 1.76. The first kappa shape index (κ1) is 29.7. The van der Waals surface area contributed by atoms with Gasteiger partial charge in [0.25, 0.3) is 6.47 Å². The van der Waals surface area contributed by atoms with Crippen LogP contribution in [-0.2, 0) is 14.4 Å². The van der Waals surface area contributed by atoms with E-state index in [0.29, 0.717) is 73.5 Å². The summed E-state index contributed by atoms with van der Waals surface area (Å²) in [4.78, 5) is 63.4. The van der Waals surface area contributed by atoms with Gasteiger partial charge in [0, 0.05) is 65.0 Å². The molecular formula is C35H29Cl2N2O7P. The van der Waals surface area contributed by atoms with Gasteiger partial charge in [-0.2, -0.15) is 0 Å². The van der Waals surface area contributed by atoms with Gasteiger partial charge in [0.15, 0.2) is 0 Å². The maximum absolute atomic E-state index is 14.5. The van der Waals surface area contributed by atoms with E-state index in [0.717, 1.165) is 32.7 Å². The number of carbonyl (C=O) groups excluding carboxylic acids is 3. The number of amides is 2. The Morgan fingerprint density at radius 1 is 0.787 bits per heavy atom. The van der Waals surface area contributed by atoms with Crippen LogP contribution in [0.3, 0.4) is 0 Å². The van der Waals surface area contributed by atoms with E-state index in [1.165, 1.54) is 0 Å².